The van der Waals surface area contributed by atoms with Crippen molar-refractivity contribution in [1.29, 1.82) is 0 Å². The van der Waals surface area contributed by atoms with Gasteiger partial charge < -0.3 is 10.5 Å². The van der Waals surface area contributed by atoms with Gasteiger partial charge in [-0.1, -0.05) is 6.07 Å². The second-order valence-electron chi connectivity index (χ2n) is 3.01. The molecule has 1 atom stereocenters. The molecule has 15 heavy (non-hydrogen) atoms. The van der Waals surface area contributed by atoms with Crippen molar-refractivity contribution < 1.29 is 17.9 Å². The number of rotatable bonds is 3. The standard InChI is InChI=1S/C9H11F3N2O/c1-6(9(10,11)12)15-8-3-2-7(4-13)5-14-8/h2-3,5-6H,4,13H2,1H3. The maximum absolute atomic E-state index is 12.1. The Morgan fingerprint density at radius 2 is 2.13 bits per heavy atom. The van der Waals surface area contributed by atoms with E-state index >= 15 is 0 Å². The summed E-state index contributed by atoms with van der Waals surface area (Å²) in [6.07, 6.45) is -4.86. The largest absolute Gasteiger partial charge is 0.465 e. The van der Waals surface area contributed by atoms with Crippen LogP contribution >= 0.6 is 0 Å². The summed E-state index contributed by atoms with van der Waals surface area (Å²) in [6, 6.07) is 2.94. The van der Waals surface area contributed by atoms with Gasteiger partial charge in [0.2, 0.25) is 5.88 Å². The highest BCUT2D eigenvalue weighted by Crippen LogP contribution is 2.23. The Labute approximate surface area is 85.1 Å². The predicted molar refractivity (Wildman–Crippen MR) is 48.3 cm³/mol. The molecular formula is C9H11F3N2O. The van der Waals surface area contributed by atoms with E-state index in [2.05, 4.69) is 9.72 Å². The molecule has 3 nitrogen and oxygen atoms in total. The molecule has 0 aliphatic heterocycles. The Hall–Kier alpha value is -1.30. The third-order valence-electron chi connectivity index (χ3n) is 1.79. The molecule has 6 heteroatoms. The van der Waals surface area contributed by atoms with E-state index in [4.69, 9.17) is 5.73 Å². The topological polar surface area (TPSA) is 48.1 Å². The van der Waals surface area contributed by atoms with Crippen molar-refractivity contribution in [2.45, 2.75) is 25.7 Å². The van der Waals surface area contributed by atoms with E-state index in [9.17, 15) is 13.2 Å². The summed E-state index contributed by atoms with van der Waals surface area (Å²) in [7, 11) is 0. The Bertz CT molecular complexity index is 310. The van der Waals surface area contributed by atoms with E-state index in [0.29, 0.717) is 6.54 Å². The predicted octanol–water partition coefficient (Wildman–Crippen LogP) is 1.87. The van der Waals surface area contributed by atoms with Crippen molar-refractivity contribution in [3.8, 4) is 5.88 Å². The molecule has 0 amide bonds. The van der Waals surface area contributed by atoms with Gasteiger partial charge >= 0.3 is 6.18 Å². The number of alkyl halides is 3. The Balaban J connectivity index is 2.65. The molecule has 0 radical (unpaired) electrons. The van der Waals surface area contributed by atoms with Gasteiger partial charge in [-0.3, -0.25) is 0 Å². The fourth-order valence-corrected chi connectivity index (χ4v) is 0.849. The fraction of sp³-hybridized carbons (Fsp3) is 0.444. The van der Waals surface area contributed by atoms with Crippen molar-refractivity contribution in [2.24, 2.45) is 5.73 Å². The quantitative estimate of drug-likeness (QED) is 0.845. The molecule has 0 bridgehead atoms. The molecular weight excluding hydrogens is 209 g/mol. The highest BCUT2D eigenvalue weighted by molar-refractivity contribution is 5.17. The van der Waals surface area contributed by atoms with Crippen molar-refractivity contribution in [3.63, 3.8) is 0 Å². The summed E-state index contributed by atoms with van der Waals surface area (Å²) in [5.74, 6) is -0.0583. The summed E-state index contributed by atoms with van der Waals surface area (Å²) in [4.78, 5) is 3.70. The van der Waals surface area contributed by atoms with Gasteiger partial charge in [-0.05, 0) is 12.5 Å². The minimum Gasteiger partial charge on any atom is -0.465 e. The molecule has 0 aromatic carbocycles. The molecule has 0 aliphatic carbocycles. The minimum absolute atomic E-state index is 0.0583. The van der Waals surface area contributed by atoms with Crippen molar-refractivity contribution in [2.75, 3.05) is 0 Å². The van der Waals surface area contributed by atoms with Gasteiger partial charge in [0.1, 0.15) is 0 Å². The van der Waals surface area contributed by atoms with Gasteiger partial charge in [-0.2, -0.15) is 13.2 Å². The zero-order valence-electron chi connectivity index (χ0n) is 8.08. The van der Waals surface area contributed by atoms with Crippen LogP contribution in [-0.2, 0) is 6.54 Å². The van der Waals surface area contributed by atoms with E-state index in [1.165, 1.54) is 12.3 Å². The van der Waals surface area contributed by atoms with Crippen LogP contribution in [0, 0.1) is 0 Å². The Morgan fingerprint density at radius 3 is 2.53 bits per heavy atom. The molecule has 1 aromatic heterocycles. The van der Waals surface area contributed by atoms with Gasteiger partial charge in [-0.25, -0.2) is 4.98 Å². The first-order valence-electron chi connectivity index (χ1n) is 4.32. The van der Waals surface area contributed by atoms with Crippen molar-refractivity contribution >= 4 is 0 Å². The third-order valence-corrected chi connectivity index (χ3v) is 1.79. The molecule has 0 saturated carbocycles. The van der Waals surface area contributed by atoms with Gasteiger partial charge in [-0.15, -0.1) is 0 Å². The van der Waals surface area contributed by atoms with E-state index in [1.54, 1.807) is 6.07 Å². The van der Waals surface area contributed by atoms with E-state index in [0.717, 1.165) is 12.5 Å². The molecule has 1 aromatic rings. The van der Waals surface area contributed by atoms with Crippen LogP contribution in [-0.4, -0.2) is 17.3 Å². The number of halogens is 3. The van der Waals surface area contributed by atoms with Crippen LogP contribution in [0.1, 0.15) is 12.5 Å². The molecule has 0 fully saturated rings. The fourth-order valence-electron chi connectivity index (χ4n) is 0.849. The van der Waals surface area contributed by atoms with Crippen LogP contribution in [0.2, 0.25) is 0 Å². The number of pyridine rings is 1. The maximum Gasteiger partial charge on any atom is 0.425 e. The first-order valence-corrected chi connectivity index (χ1v) is 4.32. The zero-order valence-corrected chi connectivity index (χ0v) is 8.08. The van der Waals surface area contributed by atoms with Gasteiger partial charge in [0.15, 0.2) is 6.10 Å². The van der Waals surface area contributed by atoms with Gasteiger partial charge in [0.05, 0.1) is 0 Å². The molecule has 1 heterocycles. The number of hydrogen-bond acceptors (Lipinski definition) is 3. The lowest BCUT2D eigenvalue weighted by Gasteiger charge is -2.16. The summed E-state index contributed by atoms with van der Waals surface area (Å²) >= 11 is 0. The molecule has 0 saturated heterocycles. The number of nitrogens with two attached hydrogens (primary N) is 1. The Morgan fingerprint density at radius 1 is 1.47 bits per heavy atom. The minimum atomic E-state index is -4.38. The molecule has 1 unspecified atom stereocenters. The lowest BCUT2D eigenvalue weighted by molar-refractivity contribution is -0.189. The lowest BCUT2D eigenvalue weighted by atomic mass is 10.3. The smallest absolute Gasteiger partial charge is 0.425 e. The summed E-state index contributed by atoms with van der Waals surface area (Å²) in [6.45, 7) is 1.22. The number of nitrogens with zero attached hydrogens (tertiary/aromatic N) is 1. The first-order chi connectivity index (χ1) is 6.93. The van der Waals surface area contributed by atoms with Crippen molar-refractivity contribution in [3.05, 3.63) is 23.9 Å². The zero-order chi connectivity index (χ0) is 11.5. The molecule has 0 spiro atoms. The SMILES string of the molecule is CC(Oc1ccc(CN)cn1)C(F)(F)F. The van der Waals surface area contributed by atoms with Crippen molar-refractivity contribution in [1.82, 2.24) is 4.98 Å². The normalized spacial score (nSPS) is 13.7. The van der Waals surface area contributed by atoms with E-state index in [-0.39, 0.29) is 5.88 Å². The average Bonchev–Trinajstić information content (AvgIpc) is 2.17. The van der Waals surface area contributed by atoms with Crippen LogP contribution in [0.5, 0.6) is 5.88 Å². The molecule has 84 valence electrons. The summed E-state index contributed by atoms with van der Waals surface area (Å²) in [5.41, 5.74) is 6.05. The molecule has 2 N–H and O–H groups in total. The second-order valence-corrected chi connectivity index (χ2v) is 3.01. The number of ether oxygens (including phenoxy) is 1. The lowest BCUT2D eigenvalue weighted by Crippen LogP contribution is -2.31. The average molecular weight is 220 g/mol. The third kappa shape index (κ3) is 3.39. The number of hydrogen-bond donors (Lipinski definition) is 1. The highest BCUT2D eigenvalue weighted by atomic mass is 19.4. The molecule has 0 aliphatic rings. The summed E-state index contributed by atoms with van der Waals surface area (Å²) < 4.78 is 40.9. The van der Waals surface area contributed by atoms with Crippen LogP contribution in [0.15, 0.2) is 18.3 Å². The summed E-state index contributed by atoms with van der Waals surface area (Å²) in [5, 5.41) is 0. The molecule has 1 rings (SSSR count). The van der Waals surface area contributed by atoms with Crippen LogP contribution < -0.4 is 10.5 Å². The number of aromatic nitrogens is 1. The second kappa shape index (κ2) is 4.48. The van der Waals surface area contributed by atoms with E-state index < -0.39 is 12.3 Å². The van der Waals surface area contributed by atoms with Crippen LogP contribution in [0.25, 0.3) is 0 Å². The van der Waals surface area contributed by atoms with Gasteiger partial charge in [0, 0.05) is 18.8 Å². The van der Waals surface area contributed by atoms with Crippen LogP contribution in [0.4, 0.5) is 13.2 Å². The van der Waals surface area contributed by atoms with E-state index in [1.807, 2.05) is 0 Å². The Kier molecular flexibility index (Phi) is 3.52. The highest BCUT2D eigenvalue weighted by Gasteiger charge is 2.38. The monoisotopic (exact) mass is 220 g/mol. The maximum atomic E-state index is 12.1. The first kappa shape index (κ1) is 11.8. The van der Waals surface area contributed by atoms with Crippen LogP contribution in [0.3, 0.4) is 0 Å². The van der Waals surface area contributed by atoms with Gasteiger partial charge in [0.25, 0.3) is 0 Å².